The zero-order valence-corrected chi connectivity index (χ0v) is 24.8. The van der Waals surface area contributed by atoms with E-state index in [-0.39, 0.29) is 12.3 Å². The highest BCUT2D eigenvalue weighted by atomic mass is 35.5. The number of nitrogens with one attached hydrogen (secondary N) is 3. The van der Waals surface area contributed by atoms with Crippen LogP contribution in [0.25, 0.3) is 0 Å². The van der Waals surface area contributed by atoms with E-state index >= 15 is 0 Å². The minimum atomic E-state index is -1.03. The van der Waals surface area contributed by atoms with Gasteiger partial charge >= 0.3 is 12.1 Å². The molecule has 3 rings (SSSR count). The van der Waals surface area contributed by atoms with Crippen LogP contribution in [0.15, 0.2) is 54.6 Å². The zero-order chi connectivity index (χ0) is 30.0. The van der Waals surface area contributed by atoms with Crippen LogP contribution in [0.5, 0.6) is 0 Å². The molecule has 0 radical (unpaired) electrons. The van der Waals surface area contributed by atoms with Crippen LogP contribution in [-0.2, 0) is 29.3 Å². The fourth-order valence-electron chi connectivity index (χ4n) is 5.04. The molecule has 9 nitrogen and oxygen atoms in total. The lowest BCUT2D eigenvalue weighted by Gasteiger charge is -2.35. The van der Waals surface area contributed by atoms with Crippen molar-refractivity contribution >= 4 is 35.5 Å². The largest absolute Gasteiger partial charge is 0.467 e. The monoisotopic (exact) mass is 585 g/mol. The van der Waals surface area contributed by atoms with Gasteiger partial charge in [0, 0.05) is 22.9 Å². The molecule has 0 aliphatic carbocycles. The molecular formula is C31H40ClN3O6. The molecule has 1 aliphatic heterocycles. The summed E-state index contributed by atoms with van der Waals surface area (Å²) in [6.45, 7) is 6.42. The molecule has 1 unspecified atom stereocenters. The fraction of sp³-hybridized carbons (Fsp3) is 0.484. The van der Waals surface area contributed by atoms with Crippen LogP contribution in [0.2, 0.25) is 5.02 Å². The Balaban J connectivity index is 1.79. The van der Waals surface area contributed by atoms with E-state index in [9.17, 15) is 19.2 Å². The summed E-state index contributed by atoms with van der Waals surface area (Å²) < 4.78 is 10.9. The number of carbonyl (C=O) groups excluding carboxylic acids is 4. The summed E-state index contributed by atoms with van der Waals surface area (Å²) in [5, 5.41) is 8.72. The quantitative estimate of drug-likeness (QED) is 0.289. The van der Waals surface area contributed by atoms with Gasteiger partial charge in [0.25, 0.3) is 0 Å². The minimum absolute atomic E-state index is 0.110. The second-order valence-corrected chi connectivity index (χ2v) is 11.3. The van der Waals surface area contributed by atoms with Crippen LogP contribution in [0.3, 0.4) is 0 Å². The van der Waals surface area contributed by atoms with Gasteiger partial charge in [-0.1, -0.05) is 87.7 Å². The number of carbonyl (C=O) groups is 4. The molecule has 1 saturated heterocycles. The summed E-state index contributed by atoms with van der Waals surface area (Å²) in [7, 11) is 1.23. The molecule has 1 heterocycles. The predicted molar refractivity (Wildman–Crippen MR) is 156 cm³/mol. The van der Waals surface area contributed by atoms with E-state index in [4.69, 9.17) is 21.1 Å². The van der Waals surface area contributed by atoms with Crippen molar-refractivity contribution in [2.75, 3.05) is 13.7 Å². The van der Waals surface area contributed by atoms with E-state index in [1.54, 1.807) is 6.07 Å². The molecule has 222 valence electrons. The summed E-state index contributed by atoms with van der Waals surface area (Å²) in [6, 6.07) is 14.8. The predicted octanol–water partition coefficient (Wildman–Crippen LogP) is 4.83. The van der Waals surface area contributed by atoms with Gasteiger partial charge in [-0.3, -0.25) is 9.59 Å². The molecule has 2 aromatic carbocycles. The maximum Gasteiger partial charge on any atom is 0.408 e. The van der Waals surface area contributed by atoms with Crippen molar-refractivity contribution in [2.24, 2.45) is 5.92 Å². The van der Waals surface area contributed by atoms with Gasteiger partial charge in [-0.2, -0.15) is 0 Å². The molecule has 4 atom stereocenters. The Labute approximate surface area is 246 Å². The second-order valence-electron chi connectivity index (χ2n) is 10.9. The molecule has 2 aromatic rings. The van der Waals surface area contributed by atoms with Crippen LogP contribution < -0.4 is 16.0 Å². The Morgan fingerprint density at radius 3 is 2.41 bits per heavy atom. The van der Waals surface area contributed by atoms with Crippen molar-refractivity contribution in [2.45, 2.75) is 76.5 Å². The van der Waals surface area contributed by atoms with Gasteiger partial charge in [0.15, 0.2) is 0 Å². The Bertz CT molecular complexity index is 1210. The first-order valence-corrected chi connectivity index (χ1v) is 14.4. The summed E-state index contributed by atoms with van der Waals surface area (Å²) in [5.74, 6) is -1.77. The number of alkyl carbamates (subject to hydrolysis) is 1. The maximum absolute atomic E-state index is 13.4. The van der Waals surface area contributed by atoms with Gasteiger partial charge < -0.3 is 25.4 Å². The van der Waals surface area contributed by atoms with E-state index in [1.807, 2.05) is 69.3 Å². The second kappa shape index (κ2) is 14.9. The van der Waals surface area contributed by atoms with E-state index < -0.39 is 47.5 Å². The minimum Gasteiger partial charge on any atom is -0.467 e. The van der Waals surface area contributed by atoms with Gasteiger partial charge in [-0.15, -0.1) is 0 Å². The topological polar surface area (TPSA) is 123 Å². The lowest BCUT2D eigenvalue weighted by atomic mass is 9.76. The number of unbranched alkanes of at least 4 members (excludes halogenated alkanes) is 1. The fourth-order valence-corrected chi connectivity index (χ4v) is 5.23. The molecule has 3 amide bonds. The van der Waals surface area contributed by atoms with Gasteiger partial charge in [0.05, 0.1) is 7.11 Å². The molecule has 10 heteroatoms. The highest BCUT2D eigenvalue weighted by Gasteiger charge is 2.38. The molecule has 0 aromatic heterocycles. The lowest BCUT2D eigenvalue weighted by Crippen LogP contribution is -2.52. The van der Waals surface area contributed by atoms with Crippen molar-refractivity contribution < 1.29 is 28.7 Å². The lowest BCUT2D eigenvalue weighted by molar-refractivity contribution is -0.146. The number of hydrogen-bond acceptors (Lipinski definition) is 6. The van der Waals surface area contributed by atoms with Gasteiger partial charge in [-0.05, 0) is 42.5 Å². The smallest absolute Gasteiger partial charge is 0.408 e. The highest BCUT2D eigenvalue weighted by molar-refractivity contribution is 6.30. The molecule has 1 aliphatic rings. The number of ether oxygens (including phenoxy) is 2. The summed E-state index contributed by atoms with van der Waals surface area (Å²) in [5.41, 5.74) is 0.981. The number of benzene rings is 2. The third-order valence-electron chi connectivity index (χ3n) is 7.49. The number of hydrogen-bond donors (Lipinski definition) is 3. The Hall–Kier alpha value is -3.59. The van der Waals surface area contributed by atoms with Gasteiger partial charge in [-0.25, -0.2) is 9.59 Å². The summed E-state index contributed by atoms with van der Waals surface area (Å²) in [6.07, 6.45) is 0.980. The van der Waals surface area contributed by atoms with E-state index in [0.717, 1.165) is 17.5 Å². The summed E-state index contributed by atoms with van der Waals surface area (Å²) >= 11 is 6.28. The maximum atomic E-state index is 13.4. The SMILES string of the molecule is CCCC[C@H](NC(=O)OC(c1ccccc1)C(C)(C)c1cccc(Cl)c1)C(=O)N[C@@H](C[C@@H]1CCNC1=O)C(=O)OC. The first kappa shape index (κ1) is 31.9. The molecule has 1 fully saturated rings. The third kappa shape index (κ3) is 8.70. The number of rotatable bonds is 13. The van der Waals surface area contributed by atoms with Gasteiger partial charge in [0.1, 0.15) is 18.2 Å². The molecule has 41 heavy (non-hydrogen) atoms. The van der Waals surface area contributed by atoms with Crippen LogP contribution in [0.4, 0.5) is 4.79 Å². The van der Waals surface area contributed by atoms with Crippen molar-refractivity contribution in [1.29, 1.82) is 0 Å². The van der Waals surface area contributed by atoms with E-state index in [0.29, 0.717) is 30.8 Å². The first-order chi connectivity index (χ1) is 19.6. The van der Waals surface area contributed by atoms with Crippen LogP contribution in [0.1, 0.15) is 70.1 Å². The van der Waals surface area contributed by atoms with E-state index in [2.05, 4.69) is 16.0 Å². The van der Waals surface area contributed by atoms with E-state index in [1.165, 1.54) is 7.11 Å². The van der Waals surface area contributed by atoms with Crippen LogP contribution in [0, 0.1) is 5.92 Å². The average molecular weight is 586 g/mol. The standard InChI is InChI=1S/C31H40ClN3O6/c1-5-6-15-24(28(37)34-25(29(38)40-4)18-21-16-17-33-27(21)36)35-30(39)41-26(20-11-8-7-9-12-20)31(2,3)22-13-10-14-23(32)19-22/h7-14,19,21,24-26H,5-6,15-18H2,1-4H3,(H,33,36)(H,34,37)(H,35,39)/t21-,24-,25-,26?/m0/s1. The number of methoxy groups -OCH3 is 1. The van der Waals surface area contributed by atoms with Crippen molar-refractivity contribution in [3.8, 4) is 0 Å². The van der Waals surface area contributed by atoms with Crippen molar-refractivity contribution in [1.82, 2.24) is 16.0 Å². The molecular weight excluding hydrogens is 546 g/mol. The molecule has 3 N–H and O–H groups in total. The zero-order valence-electron chi connectivity index (χ0n) is 24.1. The molecule has 0 spiro atoms. The Morgan fingerprint density at radius 1 is 1.07 bits per heavy atom. The summed E-state index contributed by atoms with van der Waals surface area (Å²) in [4.78, 5) is 51.3. The third-order valence-corrected chi connectivity index (χ3v) is 7.73. The number of halogens is 1. The first-order valence-electron chi connectivity index (χ1n) is 14.0. The van der Waals surface area contributed by atoms with Crippen molar-refractivity contribution in [3.63, 3.8) is 0 Å². The normalized spacial score (nSPS) is 17.1. The number of amides is 3. The van der Waals surface area contributed by atoms with Gasteiger partial charge in [0.2, 0.25) is 11.8 Å². The molecule has 0 bridgehead atoms. The Morgan fingerprint density at radius 2 is 1.80 bits per heavy atom. The highest BCUT2D eigenvalue weighted by Crippen LogP contribution is 2.40. The number of esters is 1. The van der Waals surface area contributed by atoms with Crippen molar-refractivity contribution in [3.05, 3.63) is 70.7 Å². The Kier molecular flexibility index (Phi) is 11.6. The average Bonchev–Trinajstić information content (AvgIpc) is 3.37. The van der Waals surface area contributed by atoms with Crippen LogP contribution >= 0.6 is 11.6 Å². The van der Waals surface area contributed by atoms with Crippen LogP contribution in [-0.4, -0.2) is 49.6 Å². The molecule has 0 saturated carbocycles.